The molecule has 1 aromatic heterocycles. The fourth-order valence-electron chi connectivity index (χ4n) is 2.75. The molecule has 0 spiro atoms. The Balaban J connectivity index is 1.54. The van der Waals surface area contributed by atoms with Gasteiger partial charge in [0.05, 0.1) is 0 Å². The first kappa shape index (κ1) is 15.7. The molecule has 4 nitrogen and oxygen atoms in total. The van der Waals surface area contributed by atoms with E-state index in [4.69, 9.17) is 0 Å². The lowest BCUT2D eigenvalue weighted by molar-refractivity contribution is 0.0945. The summed E-state index contributed by atoms with van der Waals surface area (Å²) in [5, 5.41) is 6.18. The zero-order valence-corrected chi connectivity index (χ0v) is 15.1. The van der Waals surface area contributed by atoms with Crippen LogP contribution in [0.25, 0.3) is 0 Å². The van der Waals surface area contributed by atoms with Gasteiger partial charge in [0.15, 0.2) is 5.13 Å². The number of benzene rings is 1. The first-order chi connectivity index (χ1) is 10.7. The average Bonchev–Trinajstić information content (AvgIpc) is 3.07. The van der Waals surface area contributed by atoms with Gasteiger partial charge in [-0.1, -0.05) is 6.07 Å². The van der Waals surface area contributed by atoms with Crippen molar-refractivity contribution in [2.24, 2.45) is 5.92 Å². The lowest BCUT2D eigenvalue weighted by Crippen LogP contribution is -2.41. The number of nitrogens with zero attached hydrogens (tertiary/aromatic N) is 2. The third-order valence-electron chi connectivity index (χ3n) is 3.85. The minimum absolute atomic E-state index is 0.0184. The van der Waals surface area contributed by atoms with E-state index in [-0.39, 0.29) is 5.91 Å². The molecule has 22 heavy (non-hydrogen) atoms. The van der Waals surface area contributed by atoms with E-state index in [1.807, 2.05) is 35.8 Å². The highest BCUT2D eigenvalue weighted by molar-refractivity contribution is 14.1. The molecule has 0 radical (unpaired) electrons. The van der Waals surface area contributed by atoms with Gasteiger partial charge in [0.1, 0.15) is 0 Å². The highest BCUT2D eigenvalue weighted by Crippen LogP contribution is 2.24. The van der Waals surface area contributed by atoms with Crippen LogP contribution in [0, 0.1) is 9.49 Å². The number of thiazole rings is 1. The number of halogens is 1. The van der Waals surface area contributed by atoms with Crippen LogP contribution in [0.1, 0.15) is 23.2 Å². The second kappa shape index (κ2) is 7.41. The van der Waals surface area contributed by atoms with E-state index < -0.39 is 0 Å². The molecule has 1 unspecified atom stereocenters. The molecule has 0 aliphatic carbocycles. The van der Waals surface area contributed by atoms with Crippen LogP contribution in [0.2, 0.25) is 0 Å². The van der Waals surface area contributed by atoms with Crippen LogP contribution in [0.15, 0.2) is 35.8 Å². The molecule has 1 saturated heterocycles. The third-order valence-corrected chi connectivity index (χ3v) is 5.35. The van der Waals surface area contributed by atoms with Crippen molar-refractivity contribution < 1.29 is 4.79 Å². The summed E-state index contributed by atoms with van der Waals surface area (Å²) in [6.45, 7) is 2.77. The van der Waals surface area contributed by atoms with Crippen molar-refractivity contribution in [3.8, 4) is 0 Å². The summed E-state index contributed by atoms with van der Waals surface area (Å²) in [5.74, 6) is 0.509. The van der Waals surface area contributed by atoms with E-state index in [1.165, 1.54) is 0 Å². The number of anilines is 1. The molecule has 2 aromatic rings. The van der Waals surface area contributed by atoms with Gasteiger partial charge in [-0.3, -0.25) is 4.79 Å². The summed E-state index contributed by atoms with van der Waals surface area (Å²) in [6, 6.07) is 7.69. The number of nitrogens with one attached hydrogen (secondary N) is 1. The van der Waals surface area contributed by atoms with Gasteiger partial charge in [0.25, 0.3) is 5.91 Å². The molecule has 3 rings (SSSR count). The van der Waals surface area contributed by atoms with E-state index in [0.29, 0.717) is 5.92 Å². The van der Waals surface area contributed by atoms with E-state index in [1.54, 1.807) is 11.3 Å². The number of aromatic nitrogens is 1. The topological polar surface area (TPSA) is 45.2 Å². The number of hydrogen-bond acceptors (Lipinski definition) is 4. The van der Waals surface area contributed by atoms with Crippen LogP contribution >= 0.6 is 33.9 Å². The Bertz CT molecular complexity index is 632. The van der Waals surface area contributed by atoms with Crippen LogP contribution in [-0.4, -0.2) is 30.5 Å². The smallest absolute Gasteiger partial charge is 0.251 e. The van der Waals surface area contributed by atoms with Crippen molar-refractivity contribution in [3.05, 3.63) is 45.0 Å². The van der Waals surface area contributed by atoms with Crippen molar-refractivity contribution in [2.75, 3.05) is 24.5 Å². The van der Waals surface area contributed by atoms with Crippen LogP contribution in [0.5, 0.6) is 0 Å². The van der Waals surface area contributed by atoms with E-state index in [9.17, 15) is 4.79 Å². The van der Waals surface area contributed by atoms with E-state index in [2.05, 4.69) is 37.8 Å². The van der Waals surface area contributed by atoms with Gasteiger partial charge in [0.2, 0.25) is 0 Å². The summed E-state index contributed by atoms with van der Waals surface area (Å²) in [4.78, 5) is 18.9. The fraction of sp³-hybridized carbons (Fsp3) is 0.375. The number of hydrogen-bond donors (Lipinski definition) is 1. The zero-order chi connectivity index (χ0) is 15.4. The average molecular weight is 427 g/mol. The monoisotopic (exact) mass is 427 g/mol. The Kier molecular flexibility index (Phi) is 5.30. The lowest BCUT2D eigenvalue weighted by atomic mass is 9.98. The summed E-state index contributed by atoms with van der Waals surface area (Å²) in [5.41, 5.74) is 0.736. The molecule has 1 aliphatic rings. The van der Waals surface area contributed by atoms with Crippen molar-refractivity contribution in [1.82, 2.24) is 10.3 Å². The highest BCUT2D eigenvalue weighted by Gasteiger charge is 2.22. The second-order valence-electron chi connectivity index (χ2n) is 5.49. The summed E-state index contributed by atoms with van der Waals surface area (Å²) >= 11 is 3.91. The van der Waals surface area contributed by atoms with Crippen molar-refractivity contribution in [3.63, 3.8) is 0 Å². The molecular weight excluding hydrogens is 409 g/mol. The van der Waals surface area contributed by atoms with Gasteiger partial charge in [-0.15, -0.1) is 11.3 Å². The van der Waals surface area contributed by atoms with E-state index in [0.717, 1.165) is 46.7 Å². The van der Waals surface area contributed by atoms with Crippen LogP contribution in [0.3, 0.4) is 0 Å². The number of carbonyl (C=O) groups excluding carboxylic acids is 1. The van der Waals surface area contributed by atoms with Gasteiger partial charge in [-0.2, -0.15) is 0 Å². The molecule has 1 aromatic carbocycles. The zero-order valence-electron chi connectivity index (χ0n) is 12.2. The standard InChI is InChI=1S/C16H18IN3OS/c17-14-5-1-4-13(9-14)15(21)19-10-12-3-2-7-20(11-12)16-18-6-8-22-16/h1,4-6,8-9,12H,2-3,7,10-11H2,(H,19,21). The number of amides is 1. The van der Waals surface area contributed by atoms with Crippen molar-refractivity contribution >= 4 is 45.0 Å². The van der Waals surface area contributed by atoms with E-state index >= 15 is 0 Å². The van der Waals surface area contributed by atoms with Crippen molar-refractivity contribution in [1.29, 1.82) is 0 Å². The fourth-order valence-corrected chi connectivity index (χ4v) is 3.97. The SMILES string of the molecule is O=C(NCC1CCCN(c2nccs2)C1)c1cccc(I)c1. The summed E-state index contributed by atoms with van der Waals surface area (Å²) in [7, 11) is 0. The first-order valence-electron chi connectivity index (χ1n) is 7.40. The highest BCUT2D eigenvalue weighted by atomic mass is 127. The summed E-state index contributed by atoms with van der Waals surface area (Å²) in [6.07, 6.45) is 4.17. The molecule has 1 amide bonds. The van der Waals surface area contributed by atoms with Gasteiger partial charge in [0, 0.05) is 40.3 Å². The Morgan fingerprint density at radius 2 is 2.41 bits per heavy atom. The Hall–Kier alpha value is -1.15. The lowest BCUT2D eigenvalue weighted by Gasteiger charge is -2.32. The quantitative estimate of drug-likeness (QED) is 0.761. The predicted octanol–water partition coefficient (Wildman–Crippen LogP) is 3.39. The molecule has 2 heterocycles. The maximum absolute atomic E-state index is 12.2. The molecule has 1 fully saturated rings. The maximum Gasteiger partial charge on any atom is 0.251 e. The molecule has 1 N–H and O–H groups in total. The van der Waals surface area contributed by atoms with Crippen molar-refractivity contribution in [2.45, 2.75) is 12.8 Å². The molecule has 116 valence electrons. The number of piperidine rings is 1. The number of rotatable bonds is 4. The Labute approximate surface area is 148 Å². The molecule has 1 atom stereocenters. The van der Waals surface area contributed by atoms with Gasteiger partial charge in [-0.05, 0) is 59.5 Å². The molecule has 0 bridgehead atoms. The molecular formula is C16H18IN3OS. The Morgan fingerprint density at radius 3 is 3.18 bits per heavy atom. The molecule has 0 saturated carbocycles. The van der Waals surface area contributed by atoms with Crippen LogP contribution < -0.4 is 10.2 Å². The van der Waals surface area contributed by atoms with Crippen LogP contribution in [-0.2, 0) is 0 Å². The summed E-state index contributed by atoms with van der Waals surface area (Å²) < 4.78 is 1.08. The minimum Gasteiger partial charge on any atom is -0.352 e. The van der Waals surface area contributed by atoms with Gasteiger partial charge < -0.3 is 10.2 Å². The molecule has 1 aliphatic heterocycles. The molecule has 6 heteroatoms. The largest absolute Gasteiger partial charge is 0.352 e. The number of carbonyl (C=O) groups is 1. The van der Waals surface area contributed by atoms with Gasteiger partial charge in [-0.25, -0.2) is 4.98 Å². The van der Waals surface area contributed by atoms with Gasteiger partial charge >= 0.3 is 0 Å². The normalized spacial score (nSPS) is 18.2. The van der Waals surface area contributed by atoms with Crippen LogP contribution in [0.4, 0.5) is 5.13 Å². The Morgan fingerprint density at radius 1 is 1.50 bits per heavy atom. The third kappa shape index (κ3) is 3.98. The first-order valence-corrected chi connectivity index (χ1v) is 9.36. The predicted molar refractivity (Wildman–Crippen MR) is 98.5 cm³/mol. The maximum atomic E-state index is 12.2. The second-order valence-corrected chi connectivity index (χ2v) is 7.61. The minimum atomic E-state index is 0.0184.